The van der Waals surface area contributed by atoms with E-state index in [0.717, 1.165) is 139 Å². The molecule has 0 spiro atoms. The SMILES string of the molecule is CCCCCC1c2cc3c4c(CBr)c2OCOc2c1cc1c(c2CBr)OCOc2c(cc5c(c2CN2C(=O)c6ccccc6C2=O)OCOc2c(cc(c(c2CN2C(=O)c6ccccc6C2=O)OCO4)C3CCCCC)C5CCCCC)C1CCCCC. The molecule has 16 heteroatoms. The first-order valence-corrected chi connectivity index (χ1v) is 34.2. The predicted octanol–water partition coefficient (Wildman–Crippen LogP) is 17.1. The van der Waals surface area contributed by atoms with Gasteiger partial charge < -0.3 is 37.9 Å². The number of hydrogen-bond donors (Lipinski definition) is 0. The Kier molecular flexibility index (Phi) is 17.6. The standard InChI is InChI=1S/C72H76Br2N2O12/c1-5-9-13-21-41-49-29-51-42(22-14-10-6-2)53-31-55-44(24-16-12-8-4)56-32-54-43(23-15-11-7-3)52-30-50(41)62-58(34-74)64(52)84-39-86-66(54)60(36-76-71(79)47-27-19-20-28-48(47)72(76)80)68(56)88-40-87-67(55)59(35-75-69(77)45-25-17-18-26-46(45)70(75)78)65(53)85-38-83-63(51)57(33-73)61(49)81-37-82-62/h17-20,25-32,41-44H,5-16,21-24,33-40H2,1-4H3. The van der Waals surface area contributed by atoms with E-state index in [1.165, 1.54) is 9.80 Å². The Labute approximate surface area is 532 Å². The zero-order valence-corrected chi connectivity index (χ0v) is 53.9. The maximum absolute atomic E-state index is 14.8. The Hall–Kier alpha value is -7.04. The highest BCUT2D eigenvalue weighted by Gasteiger charge is 2.45. The van der Waals surface area contributed by atoms with E-state index in [1.54, 1.807) is 48.5 Å². The minimum absolute atomic E-state index is 0.0855. The van der Waals surface area contributed by atoms with E-state index in [2.05, 4.69) is 83.8 Å². The number of rotatable bonds is 22. The van der Waals surface area contributed by atoms with Gasteiger partial charge in [0.1, 0.15) is 46.0 Å². The van der Waals surface area contributed by atoms with Gasteiger partial charge in [-0.15, -0.1) is 0 Å². The second-order valence-electron chi connectivity index (χ2n) is 24.3. The number of carbonyl (C=O) groups excluding carboxylic acids is 4. The number of hydrogen-bond acceptors (Lipinski definition) is 12. The van der Waals surface area contributed by atoms with E-state index in [1.807, 2.05) is 0 Å². The van der Waals surface area contributed by atoms with Crippen LogP contribution >= 0.6 is 31.9 Å². The van der Waals surface area contributed by atoms with Crippen LogP contribution in [0.15, 0.2) is 72.8 Å². The van der Waals surface area contributed by atoms with Crippen molar-refractivity contribution < 1.29 is 57.1 Å². The molecule has 6 aromatic rings. The summed E-state index contributed by atoms with van der Waals surface area (Å²) in [7, 11) is 0. The topological polar surface area (TPSA) is 149 Å². The summed E-state index contributed by atoms with van der Waals surface area (Å²) in [6.45, 7) is 7.70. The molecule has 8 bridgehead atoms. The van der Waals surface area contributed by atoms with E-state index in [-0.39, 0.29) is 58.0 Å². The number of imide groups is 2. The fraction of sp³-hybridized carbons (Fsp3) is 0.444. The summed E-state index contributed by atoms with van der Waals surface area (Å²) < 4.78 is 56.5. The van der Waals surface area contributed by atoms with Gasteiger partial charge in [0.15, 0.2) is 0 Å². The Bertz CT molecular complexity index is 3450. The quantitative estimate of drug-likeness (QED) is 0.0362. The van der Waals surface area contributed by atoms with Crippen LogP contribution in [0.5, 0.6) is 46.0 Å². The molecule has 6 aliphatic heterocycles. The Morgan fingerprint density at radius 1 is 0.341 bits per heavy atom. The zero-order valence-electron chi connectivity index (χ0n) is 50.8. The molecule has 2 unspecified atom stereocenters. The van der Waals surface area contributed by atoms with Crippen molar-refractivity contribution in [2.75, 3.05) is 27.2 Å². The van der Waals surface area contributed by atoms with Crippen LogP contribution in [0, 0.1) is 0 Å². The van der Waals surface area contributed by atoms with Crippen LogP contribution < -0.4 is 37.9 Å². The van der Waals surface area contributed by atoms with Gasteiger partial charge in [0.25, 0.3) is 23.6 Å². The lowest BCUT2D eigenvalue weighted by molar-refractivity contribution is 0.0621. The predicted molar refractivity (Wildman–Crippen MR) is 341 cm³/mol. The minimum Gasteiger partial charge on any atom is -0.457 e. The highest BCUT2D eigenvalue weighted by atomic mass is 79.9. The first-order chi connectivity index (χ1) is 43.1. The van der Waals surface area contributed by atoms with Crippen molar-refractivity contribution in [1.82, 2.24) is 9.80 Å². The van der Waals surface area contributed by atoms with Crippen molar-refractivity contribution in [2.45, 2.75) is 178 Å². The van der Waals surface area contributed by atoms with E-state index in [9.17, 15) is 19.2 Å². The van der Waals surface area contributed by atoms with Gasteiger partial charge in [0, 0.05) is 90.0 Å². The van der Waals surface area contributed by atoms with Crippen LogP contribution in [0.1, 0.15) is 262 Å². The normalized spacial score (nSPS) is 18.9. The average Bonchev–Trinajstić information content (AvgIpc) is 0.995. The van der Waals surface area contributed by atoms with Crippen LogP contribution in [-0.4, -0.2) is 60.6 Å². The maximum Gasteiger partial charge on any atom is 0.261 e. The third-order valence-corrected chi connectivity index (χ3v) is 20.3. The average molecular weight is 1320 g/mol. The number of ether oxygens (including phenoxy) is 8. The highest BCUT2D eigenvalue weighted by Crippen LogP contribution is 2.59. The van der Waals surface area contributed by atoms with E-state index in [0.29, 0.717) is 109 Å². The van der Waals surface area contributed by atoms with Crippen molar-refractivity contribution in [2.24, 2.45) is 0 Å². The number of unbranched alkanes of at least 4 members (excludes halogenated alkanes) is 8. The number of halogens is 2. The monoisotopic (exact) mass is 1320 g/mol. The third-order valence-electron chi connectivity index (χ3n) is 19.2. The summed E-state index contributed by atoms with van der Waals surface area (Å²) >= 11 is 7.98. The number of alkyl halides is 2. The molecule has 13 rings (SSSR count). The van der Waals surface area contributed by atoms with Crippen molar-refractivity contribution in [3.8, 4) is 46.0 Å². The Morgan fingerprint density at radius 3 is 0.761 bits per heavy atom. The molecule has 6 aromatic carbocycles. The van der Waals surface area contributed by atoms with Gasteiger partial charge >= 0.3 is 0 Å². The Balaban J connectivity index is 1.18. The van der Waals surface area contributed by atoms with E-state index in [4.69, 9.17) is 37.9 Å². The van der Waals surface area contributed by atoms with Crippen LogP contribution in [-0.2, 0) is 23.7 Å². The molecule has 0 saturated heterocycles. The zero-order chi connectivity index (χ0) is 60.7. The molecule has 4 amide bonds. The second kappa shape index (κ2) is 25.8. The lowest BCUT2D eigenvalue weighted by atomic mass is 9.74. The van der Waals surface area contributed by atoms with Gasteiger partial charge in [-0.25, -0.2) is 0 Å². The molecular formula is C72H76Br2N2O12. The second-order valence-corrected chi connectivity index (χ2v) is 25.5. The van der Waals surface area contributed by atoms with Crippen LogP contribution in [0.25, 0.3) is 0 Å². The lowest BCUT2D eigenvalue weighted by Crippen LogP contribution is -2.32. The van der Waals surface area contributed by atoms with Crippen molar-refractivity contribution >= 4 is 55.5 Å². The lowest BCUT2D eigenvalue weighted by Gasteiger charge is -2.38. The number of fused-ring (bicyclic) bond motifs is 2. The first-order valence-electron chi connectivity index (χ1n) is 32.0. The third kappa shape index (κ3) is 10.4. The molecule has 0 fully saturated rings. The fourth-order valence-corrected chi connectivity index (χ4v) is 16.0. The summed E-state index contributed by atoms with van der Waals surface area (Å²) in [5.74, 6) is 1.69. The van der Waals surface area contributed by atoms with Crippen molar-refractivity contribution in [3.05, 3.63) is 162 Å². The van der Waals surface area contributed by atoms with Crippen LogP contribution in [0.2, 0.25) is 0 Å². The molecule has 0 N–H and O–H groups in total. The van der Waals surface area contributed by atoms with Gasteiger partial charge in [-0.05, 0) is 74.2 Å². The first kappa shape index (κ1) is 59.9. The molecule has 0 radical (unpaired) electrons. The van der Waals surface area contributed by atoms with Gasteiger partial charge in [0.2, 0.25) is 27.2 Å². The largest absolute Gasteiger partial charge is 0.457 e. The molecular weight excluding hydrogens is 1240 g/mol. The van der Waals surface area contributed by atoms with Crippen molar-refractivity contribution in [1.29, 1.82) is 0 Å². The summed E-state index contributed by atoms with van der Waals surface area (Å²) in [6.07, 6.45) is 14.2. The highest BCUT2D eigenvalue weighted by molar-refractivity contribution is 9.08. The maximum atomic E-state index is 14.8. The number of nitrogens with zero attached hydrogens (tertiary/aromatic N) is 2. The number of benzene rings is 6. The van der Waals surface area contributed by atoms with Crippen molar-refractivity contribution in [3.63, 3.8) is 0 Å². The molecule has 460 valence electrons. The molecule has 88 heavy (non-hydrogen) atoms. The summed E-state index contributed by atoms with van der Waals surface area (Å²) in [4.78, 5) is 61.6. The summed E-state index contributed by atoms with van der Waals surface area (Å²) in [5.41, 5.74) is 11.7. The van der Waals surface area contributed by atoms with Gasteiger partial charge in [-0.1, -0.05) is 161 Å². The van der Waals surface area contributed by atoms with E-state index < -0.39 is 29.5 Å². The summed E-state index contributed by atoms with van der Waals surface area (Å²) in [6, 6.07) is 23.3. The van der Waals surface area contributed by atoms with Crippen LogP contribution in [0.4, 0.5) is 0 Å². The molecule has 0 aromatic heterocycles. The smallest absolute Gasteiger partial charge is 0.261 e. The fourth-order valence-electron chi connectivity index (χ4n) is 14.9. The molecule has 2 atom stereocenters. The molecule has 0 saturated carbocycles. The van der Waals surface area contributed by atoms with Gasteiger partial charge in [-0.2, -0.15) is 0 Å². The number of amides is 4. The Morgan fingerprint density at radius 2 is 0.557 bits per heavy atom. The van der Waals surface area contributed by atoms with Gasteiger partial charge in [0.05, 0.1) is 46.5 Å². The molecule has 6 heterocycles. The molecule has 7 aliphatic rings. The molecule has 14 nitrogen and oxygen atoms in total. The van der Waals surface area contributed by atoms with Gasteiger partial charge in [-0.3, -0.25) is 29.0 Å². The van der Waals surface area contributed by atoms with Crippen LogP contribution in [0.3, 0.4) is 0 Å². The minimum atomic E-state index is -0.459. The summed E-state index contributed by atoms with van der Waals surface area (Å²) in [5, 5.41) is 0.828. The number of carbonyl (C=O) groups is 4. The van der Waals surface area contributed by atoms with E-state index >= 15 is 0 Å². The molecule has 1 aliphatic carbocycles.